The molecular weight excluding hydrogens is 491 g/mol. The molecule has 2 aliphatic heterocycles. The molecule has 2 amide bonds. The van der Waals surface area contributed by atoms with E-state index in [0.717, 1.165) is 16.7 Å². The van der Waals surface area contributed by atoms with Crippen molar-refractivity contribution in [3.63, 3.8) is 0 Å². The topological polar surface area (TPSA) is 97.3 Å². The SMILES string of the molecule is C[C@H](CO)O[C@H]1CO[C@@H](C(=O)N2CCc3ccccc3[C@@H]2c2ccc(F)cc2)C[C@@H]1NC(=O)OC(C)(C)C. The van der Waals surface area contributed by atoms with E-state index in [1.807, 2.05) is 18.2 Å². The fourth-order valence-electron chi connectivity index (χ4n) is 5.03. The van der Waals surface area contributed by atoms with Crippen LogP contribution < -0.4 is 5.32 Å². The van der Waals surface area contributed by atoms with Gasteiger partial charge in [-0.25, -0.2) is 9.18 Å². The van der Waals surface area contributed by atoms with Crippen LogP contribution in [0.15, 0.2) is 48.5 Å². The van der Waals surface area contributed by atoms with Gasteiger partial charge in [-0.1, -0.05) is 36.4 Å². The van der Waals surface area contributed by atoms with Crippen molar-refractivity contribution in [2.45, 2.75) is 76.5 Å². The van der Waals surface area contributed by atoms with E-state index in [1.54, 1.807) is 44.7 Å². The van der Waals surface area contributed by atoms with E-state index in [0.29, 0.717) is 13.0 Å². The average molecular weight is 529 g/mol. The van der Waals surface area contributed by atoms with Crippen molar-refractivity contribution in [1.82, 2.24) is 10.2 Å². The predicted octanol–water partition coefficient (Wildman–Crippen LogP) is 3.75. The van der Waals surface area contributed by atoms with Crippen molar-refractivity contribution in [3.05, 3.63) is 71.0 Å². The minimum absolute atomic E-state index is 0.0624. The van der Waals surface area contributed by atoms with Crippen molar-refractivity contribution >= 4 is 12.0 Å². The third-order valence-electron chi connectivity index (χ3n) is 6.77. The zero-order chi connectivity index (χ0) is 27.4. The van der Waals surface area contributed by atoms with Gasteiger partial charge in [0.1, 0.15) is 23.6 Å². The Kier molecular flexibility index (Phi) is 8.70. The van der Waals surface area contributed by atoms with Crippen LogP contribution in [0.25, 0.3) is 0 Å². The van der Waals surface area contributed by atoms with Gasteiger partial charge in [0, 0.05) is 13.0 Å². The van der Waals surface area contributed by atoms with Crippen LogP contribution in [0.4, 0.5) is 9.18 Å². The number of hydrogen-bond donors (Lipinski definition) is 2. The Morgan fingerprint density at radius 3 is 2.58 bits per heavy atom. The quantitative estimate of drug-likeness (QED) is 0.593. The number of carbonyl (C=O) groups is 2. The molecule has 4 rings (SSSR count). The van der Waals surface area contributed by atoms with Crippen molar-refractivity contribution in [3.8, 4) is 0 Å². The van der Waals surface area contributed by atoms with Crippen LogP contribution in [0.5, 0.6) is 0 Å². The highest BCUT2D eigenvalue weighted by Crippen LogP contribution is 2.36. The van der Waals surface area contributed by atoms with E-state index in [-0.39, 0.29) is 31.4 Å². The van der Waals surface area contributed by atoms with Gasteiger partial charge < -0.3 is 29.5 Å². The molecule has 2 aromatic rings. The van der Waals surface area contributed by atoms with Crippen LogP contribution in [-0.2, 0) is 25.4 Å². The number of aliphatic hydroxyl groups excluding tert-OH is 1. The number of hydrogen-bond acceptors (Lipinski definition) is 6. The first-order valence-corrected chi connectivity index (χ1v) is 13.1. The summed E-state index contributed by atoms with van der Waals surface area (Å²) in [5, 5.41) is 12.3. The van der Waals surface area contributed by atoms with E-state index >= 15 is 0 Å². The molecule has 5 atom stereocenters. The van der Waals surface area contributed by atoms with Gasteiger partial charge in [0.05, 0.1) is 31.4 Å². The number of ether oxygens (including phenoxy) is 3. The van der Waals surface area contributed by atoms with Gasteiger partial charge in [-0.2, -0.15) is 0 Å². The molecule has 1 saturated heterocycles. The highest BCUT2D eigenvalue weighted by Gasteiger charge is 2.42. The smallest absolute Gasteiger partial charge is 0.407 e. The van der Waals surface area contributed by atoms with Crippen LogP contribution in [0.1, 0.15) is 56.8 Å². The fourth-order valence-corrected chi connectivity index (χ4v) is 5.03. The van der Waals surface area contributed by atoms with Gasteiger partial charge in [-0.15, -0.1) is 0 Å². The molecule has 0 bridgehead atoms. The van der Waals surface area contributed by atoms with Crippen molar-refractivity contribution in [2.75, 3.05) is 19.8 Å². The molecule has 0 spiro atoms. The van der Waals surface area contributed by atoms with Gasteiger partial charge in [-0.3, -0.25) is 4.79 Å². The lowest BCUT2D eigenvalue weighted by molar-refractivity contribution is -0.164. The first kappa shape index (κ1) is 28.0. The Hall–Kier alpha value is -3.01. The predicted molar refractivity (Wildman–Crippen MR) is 139 cm³/mol. The lowest BCUT2D eigenvalue weighted by atomic mass is 9.87. The maximum Gasteiger partial charge on any atom is 0.407 e. The van der Waals surface area contributed by atoms with Crippen LogP contribution in [0.2, 0.25) is 0 Å². The number of aliphatic hydroxyl groups is 1. The largest absolute Gasteiger partial charge is 0.444 e. The lowest BCUT2D eigenvalue weighted by Gasteiger charge is -2.42. The Labute approximate surface area is 223 Å². The molecule has 38 heavy (non-hydrogen) atoms. The van der Waals surface area contributed by atoms with E-state index in [9.17, 15) is 19.1 Å². The summed E-state index contributed by atoms with van der Waals surface area (Å²) in [5.74, 6) is -0.552. The minimum atomic E-state index is -0.826. The number of carbonyl (C=O) groups excluding carboxylic acids is 2. The summed E-state index contributed by atoms with van der Waals surface area (Å²) >= 11 is 0. The van der Waals surface area contributed by atoms with Crippen LogP contribution in [0, 0.1) is 5.82 Å². The molecule has 206 valence electrons. The lowest BCUT2D eigenvalue weighted by Crippen LogP contribution is -2.57. The van der Waals surface area contributed by atoms with E-state index < -0.39 is 42.1 Å². The van der Waals surface area contributed by atoms with Crippen molar-refractivity contribution in [1.29, 1.82) is 0 Å². The van der Waals surface area contributed by atoms with Gasteiger partial charge in [0.2, 0.25) is 0 Å². The maximum atomic E-state index is 14.0. The molecule has 0 unspecified atom stereocenters. The van der Waals surface area contributed by atoms with Crippen LogP contribution >= 0.6 is 0 Å². The van der Waals surface area contributed by atoms with E-state index in [4.69, 9.17) is 14.2 Å². The summed E-state index contributed by atoms with van der Waals surface area (Å²) in [4.78, 5) is 28.3. The number of fused-ring (bicyclic) bond motifs is 1. The second-order valence-corrected chi connectivity index (χ2v) is 10.9. The average Bonchev–Trinajstić information content (AvgIpc) is 2.88. The molecule has 1 fully saturated rings. The van der Waals surface area contributed by atoms with Crippen molar-refractivity contribution < 1.29 is 33.3 Å². The molecular formula is C29H37FN2O6. The molecule has 0 aliphatic carbocycles. The molecule has 2 aromatic carbocycles. The van der Waals surface area contributed by atoms with Crippen molar-refractivity contribution in [2.24, 2.45) is 0 Å². The third kappa shape index (κ3) is 6.70. The number of halogens is 1. The molecule has 9 heteroatoms. The fraction of sp³-hybridized carbons (Fsp3) is 0.517. The Balaban J connectivity index is 1.57. The number of nitrogens with zero attached hydrogens (tertiary/aromatic N) is 1. The number of nitrogens with one attached hydrogen (secondary N) is 1. The molecule has 8 nitrogen and oxygen atoms in total. The first-order chi connectivity index (χ1) is 18.1. The zero-order valence-electron chi connectivity index (χ0n) is 22.4. The number of alkyl carbamates (subject to hydrolysis) is 1. The molecule has 0 saturated carbocycles. The van der Waals surface area contributed by atoms with E-state index in [1.165, 1.54) is 12.1 Å². The summed E-state index contributed by atoms with van der Waals surface area (Å²) in [6.45, 7) is 7.39. The second kappa shape index (κ2) is 11.8. The number of amides is 2. The van der Waals surface area contributed by atoms with Crippen LogP contribution in [0.3, 0.4) is 0 Å². The van der Waals surface area contributed by atoms with Gasteiger partial charge in [0.25, 0.3) is 5.91 Å². The summed E-state index contributed by atoms with van der Waals surface area (Å²) in [7, 11) is 0. The highest BCUT2D eigenvalue weighted by atomic mass is 19.1. The van der Waals surface area contributed by atoms with E-state index in [2.05, 4.69) is 11.4 Å². The van der Waals surface area contributed by atoms with Gasteiger partial charge in [0.15, 0.2) is 0 Å². The summed E-state index contributed by atoms with van der Waals surface area (Å²) in [6, 6.07) is 13.2. The second-order valence-electron chi connectivity index (χ2n) is 10.9. The number of rotatable bonds is 6. The molecule has 2 N–H and O–H groups in total. The monoisotopic (exact) mass is 528 g/mol. The normalized spacial score (nSPS) is 24.3. The zero-order valence-corrected chi connectivity index (χ0v) is 22.4. The Bertz CT molecular complexity index is 1120. The first-order valence-electron chi connectivity index (χ1n) is 13.1. The minimum Gasteiger partial charge on any atom is -0.444 e. The Morgan fingerprint density at radius 1 is 1.18 bits per heavy atom. The standard InChI is InChI=1S/C29H37FN2O6/c1-18(16-33)37-25-17-36-24(15-23(25)31-28(35)38-29(2,3)4)27(34)32-14-13-19-7-5-6-8-22(19)26(32)20-9-11-21(30)12-10-20/h5-12,18,23-26,33H,13-17H2,1-4H3,(H,31,35)/t18-,23+,24-,25+,26+/m1/s1. The Morgan fingerprint density at radius 2 is 1.89 bits per heavy atom. The summed E-state index contributed by atoms with van der Waals surface area (Å²) < 4.78 is 31.1. The van der Waals surface area contributed by atoms with Crippen LogP contribution in [-0.4, -0.2) is 71.7 Å². The highest BCUT2D eigenvalue weighted by molar-refractivity contribution is 5.82. The molecule has 0 radical (unpaired) electrons. The third-order valence-corrected chi connectivity index (χ3v) is 6.77. The summed E-state index contributed by atoms with van der Waals surface area (Å²) in [6.07, 6.45) is -1.62. The number of benzene rings is 2. The van der Waals surface area contributed by atoms with Gasteiger partial charge >= 0.3 is 6.09 Å². The maximum absolute atomic E-state index is 14.0. The molecule has 0 aromatic heterocycles. The van der Waals surface area contributed by atoms with Gasteiger partial charge in [-0.05, 0) is 62.9 Å². The molecule has 2 aliphatic rings. The summed E-state index contributed by atoms with van der Waals surface area (Å²) in [5.41, 5.74) is 2.26. The molecule has 2 heterocycles.